The number of aliphatic hydroxyl groups is 1. The zero-order valence-corrected chi connectivity index (χ0v) is 9.49. The molecule has 0 saturated carbocycles. The highest BCUT2D eigenvalue weighted by atomic mass is 32.2. The lowest BCUT2D eigenvalue weighted by Gasteiger charge is -2.22. The van der Waals surface area contributed by atoms with Gasteiger partial charge in [-0.1, -0.05) is 19.9 Å². The fourth-order valence-corrected chi connectivity index (χ4v) is 1.64. The zero-order valence-electron chi connectivity index (χ0n) is 8.67. The van der Waals surface area contributed by atoms with E-state index in [0.29, 0.717) is 4.90 Å². The van der Waals surface area contributed by atoms with Crippen LogP contribution in [0.3, 0.4) is 0 Å². The predicted octanol–water partition coefficient (Wildman–Crippen LogP) is 2.82. The van der Waals surface area contributed by atoms with Crippen LogP contribution < -0.4 is 0 Å². The largest absolute Gasteiger partial charge is 0.395 e. The SMILES string of the molecule is CSc1ccc(C(C)(C)CO)cc1F. The number of rotatable bonds is 3. The first-order valence-electron chi connectivity index (χ1n) is 4.46. The first-order chi connectivity index (χ1) is 6.51. The van der Waals surface area contributed by atoms with Gasteiger partial charge >= 0.3 is 0 Å². The third-order valence-corrected chi connectivity index (χ3v) is 3.10. The van der Waals surface area contributed by atoms with Gasteiger partial charge in [-0.3, -0.25) is 0 Å². The monoisotopic (exact) mass is 214 g/mol. The predicted molar refractivity (Wildman–Crippen MR) is 58.3 cm³/mol. The van der Waals surface area contributed by atoms with Crippen LogP contribution in [0.15, 0.2) is 23.1 Å². The van der Waals surface area contributed by atoms with Crippen molar-refractivity contribution in [2.24, 2.45) is 0 Å². The molecule has 78 valence electrons. The van der Waals surface area contributed by atoms with E-state index in [1.165, 1.54) is 17.8 Å². The highest BCUT2D eigenvalue weighted by molar-refractivity contribution is 7.98. The van der Waals surface area contributed by atoms with Crippen molar-refractivity contribution >= 4 is 11.8 Å². The number of thioether (sulfide) groups is 1. The Morgan fingerprint density at radius 2 is 2.07 bits per heavy atom. The molecule has 1 nitrogen and oxygen atoms in total. The van der Waals surface area contributed by atoms with Crippen LogP contribution in [0.1, 0.15) is 19.4 Å². The molecule has 14 heavy (non-hydrogen) atoms. The molecule has 0 bridgehead atoms. The third-order valence-electron chi connectivity index (χ3n) is 2.33. The molecule has 0 aliphatic carbocycles. The fraction of sp³-hybridized carbons (Fsp3) is 0.455. The summed E-state index contributed by atoms with van der Waals surface area (Å²) in [6, 6.07) is 5.12. The standard InChI is InChI=1S/C11H15FOS/c1-11(2,7-13)8-4-5-10(14-3)9(12)6-8/h4-6,13H,7H2,1-3H3. The average Bonchev–Trinajstić information content (AvgIpc) is 2.17. The molecule has 1 aromatic carbocycles. The van der Waals surface area contributed by atoms with Crippen LogP contribution >= 0.6 is 11.8 Å². The van der Waals surface area contributed by atoms with E-state index in [0.717, 1.165) is 5.56 Å². The quantitative estimate of drug-likeness (QED) is 0.781. The first kappa shape index (κ1) is 11.5. The Hall–Kier alpha value is -0.540. The maximum Gasteiger partial charge on any atom is 0.137 e. The molecule has 0 aliphatic rings. The molecular weight excluding hydrogens is 199 g/mol. The van der Waals surface area contributed by atoms with Crippen LogP contribution in [0.4, 0.5) is 4.39 Å². The molecule has 0 spiro atoms. The van der Waals surface area contributed by atoms with Gasteiger partial charge in [0.25, 0.3) is 0 Å². The van der Waals surface area contributed by atoms with Gasteiger partial charge in [0.15, 0.2) is 0 Å². The molecule has 0 aliphatic heterocycles. The molecule has 1 rings (SSSR count). The van der Waals surface area contributed by atoms with Crippen LogP contribution in [-0.2, 0) is 5.41 Å². The fourth-order valence-electron chi connectivity index (χ4n) is 1.18. The Labute approximate surface area is 88.3 Å². The molecule has 0 saturated heterocycles. The minimum absolute atomic E-state index is 0.0189. The number of aliphatic hydroxyl groups excluding tert-OH is 1. The summed E-state index contributed by atoms with van der Waals surface area (Å²) in [7, 11) is 0. The maximum absolute atomic E-state index is 13.4. The highest BCUT2D eigenvalue weighted by Gasteiger charge is 2.20. The molecule has 0 heterocycles. The van der Waals surface area contributed by atoms with Crippen molar-refractivity contribution < 1.29 is 9.50 Å². The zero-order chi connectivity index (χ0) is 10.8. The summed E-state index contributed by atoms with van der Waals surface area (Å²) in [6.45, 7) is 3.80. The van der Waals surface area contributed by atoms with Crippen LogP contribution in [0.2, 0.25) is 0 Å². The summed E-state index contributed by atoms with van der Waals surface area (Å²) >= 11 is 1.38. The van der Waals surface area contributed by atoms with E-state index >= 15 is 0 Å². The maximum atomic E-state index is 13.4. The smallest absolute Gasteiger partial charge is 0.137 e. The van der Waals surface area contributed by atoms with Crippen LogP contribution in [-0.4, -0.2) is 18.0 Å². The molecule has 3 heteroatoms. The van der Waals surface area contributed by atoms with Gasteiger partial charge in [-0.15, -0.1) is 11.8 Å². The number of hydrogen-bond acceptors (Lipinski definition) is 2. The molecule has 0 atom stereocenters. The summed E-state index contributed by atoms with van der Waals surface area (Å²) in [5.41, 5.74) is 0.452. The molecule has 0 fully saturated rings. The average molecular weight is 214 g/mol. The van der Waals surface area contributed by atoms with Crippen molar-refractivity contribution in [1.82, 2.24) is 0 Å². The summed E-state index contributed by atoms with van der Waals surface area (Å²) in [5.74, 6) is -0.212. The minimum Gasteiger partial charge on any atom is -0.395 e. The second-order valence-electron chi connectivity index (χ2n) is 3.89. The van der Waals surface area contributed by atoms with E-state index in [2.05, 4.69) is 0 Å². The summed E-state index contributed by atoms with van der Waals surface area (Å²) in [6.07, 6.45) is 1.84. The summed E-state index contributed by atoms with van der Waals surface area (Å²) in [5, 5.41) is 9.14. The van der Waals surface area contributed by atoms with Crippen LogP contribution in [0.25, 0.3) is 0 Å². The summed E-state index contributed by atoms with van der Waals surface area (Å²) in [4.78, 5) is 0.641. The van der Waals surface area contributed by atoms with Crippen molar-refractivity contribution in [3.63, 3.8) is 0 Å². The van der Waals surface area contributed by atoms with E-state index in [1.807, 2.05) is 26.2 Å². The lowest BCUT2D eigenvalue weighted by Crippen LogP contribution is -2.22. The number of hydrogen-bond donors (Lipinski definition) is 1. The van der Waals surface area contributed by atoms with Gasteiger partial charge in [0.2, 0.25) is 0 Å². The molecule has 0 aromatic heterocycles. The Balaban J connectivity index is 3.08. The van der Waals surface area contributed by atoms with Crippen molar-refractivity contribution in [2.45, 2.75) is 24.2 Å². The Morgan fingerprint density at radius 1 is 1.43 bits per heavy atom. The van der Waals surface area contributed by atoms with Crippen molar-refractivity contribution in [3.05, 3.63) is 29.6 Å². The van der Waals surface area contributed by atoms with E-state index in [-0.39, 0.29) is 17.8 Å². The van der Waals surface area contributed by atoms with Crippen molar-refractivity contribution in [2.75, 3.05) is 12.9 Å². The molecule has 0 amide bonds. The topological polar surface area (TPSA) is 20.2 Å². The lowest BCUT2D eigenvalue weighted by atomic mass is 9.86. The molecule has 1 aromatic rings. The van der Waals surface area contributed by atoms with Gasteiger partial charge in [0.1, 0.15) is 5.82 Å². The second kappa shape index (κ2) is 4.32. The molecule has 0 radical (unpaired) electrons. The number of halogens is 1. The van der Waals surface area contributed by atoms with E-state index in [4.69, 9.17) is 5.11 Å². The minimum atomic E-state index is -0.377. The van der Waals surface area contributed by atoms with Crippen LogP contribution in [0.5, 0.6) is 0 Å². The first-order valence-corrected chi connectivity index (χ1v) is 5.68. The molecular formula is C11H15FOS. The van der Waals surface area contributed by atoms with Gasteiger partial charge in [-0.05, 0) is 24.0 Å². The van der Waals surface area contributed by atoms with E-state index in [1.54, 1.807) is 6.07 Å². The van der Waals surface area contributed by atoms with Gasteiger partial charge in [-0.25, -0.2) is 4.39 Å². The Kier molecular flexibility index (Phi) is 3.56. The summed E-state index contributed by atoms with van der Waals surface area (Å²) < 4.78 is 13.4. The van der Waals surface area contributed by atoms with Gasteiger partial charge in [-0.2, -0.15) is 0 Å². The number of benzene rings is 1. The van der Waals surface area contributed by atoms with Gasteiger partial charge in [0, 0.05) is 10.3 Å². The highest BCUT2D eigenvalue weighted by Crippen LogP contribution is 2.27. The molecule has 0 unspecified atom stereocenters. The Bertz CT molecular complexity index is 323. The lowest BCUT2D eigenvalue weighted by molar-refractivity contribution is 0.218. The third kappa shape index (κ3) is 2.28. The van der Waals surface area contributed by atoms with Gasteiger partial charge < -0.3 is 5.11 Å². The second-order valence-corrected chi connectivity index (χ2v) is 4.74. The normalized spacial score (nSPS) is 11.8. The molecule has 1 N–H and O–H groups in total. The van der Waals surface area contributed by atoms with Crippen molar-refractivity contribution in [1.29, 1.82) is 0 Å². The van der Waals surface area contributed by atoms with Gasteiger partial charge in [0.05, 0.1) is 6.61 Å². The van der Waals surface area contributed by atoms with E-state index in [9.17, 15) is 4.39 Å². The van der Waals surface area contributed by atoms with Crippen LogP contribution in [0, 0.1) is 5.82 Å². The van der Waals surface area contributed by atoms with Crippen molar-refractivity contribution in [3.8, 4) is 0 Å². The van der Waals surface area contributed by atoms with E-state index < -0.39 is 0 Å². The Morgan fingerprint density at radius 3 is 2.50 bits per heavy atom.